The summed E-state index contributed by atoms with van der Waals surface area (Å²) in [5.74, 6) is 2.92. The van der Waals surface area contributed by atoms with E-state index in [9.17, 15) is 0 Å². The van der Waals surface area contributed by atoms with E-state index < -0.39 is 0 Å². The Balaban J connectivity index is 1.70. The molecule has 2 aromatic carbocycles. The molecular weight excluding hydrogens is 346 g/mol. The third-order valence-electron chi connectivity index (χ3n) is 3.27. The van der Waals surface area contributed by atoms with Crippen molar-refractivity contribution < 1.29 is 4.42 Å². The Labute approximate surface area is 137 Å². The van der Waals surface area contributed by atoms with E-state index in [-0.39, 0.29) is 0 Å². The van der Waals surface area contributed by atoms with Crippen LogP contribution in [-0.2, 0) is 12.3 Å². The minimum absolute atomic E-state index is 0.705. The molecule has 0 aliphatic rings. The fraction of sp³-hybridized carbons (Fsp3) is 0.176. The third kappa shape index (κ3) is 3.63. The molecule has 3 rings (SSSR count). The predicted molar refractivity (Wildman–Crippen MR) is 94.9 cm³/mol. The lowest BCUT2D eigenvalue weighted by molar-refractivity contribution is 0.487. The van der Waals surface area contributed by atoms with Crippen LogP contribution in [-0.4, -0.2) is 6.26 Å². The van der Waals surface area contributed by atoms with E-state index in [1.165, 1.54) is 10.8 Å². The van der Waals surface area contributed by atoms with Crippen molar-refractivity contribution in [2.24, 2.45) is 0 Å². The predicted octanol–water partition coefficient (Wildman–Crippen LogP) is 5.67. The molecule has 1 aromatic heterocycles. The van der Waals surface area contributed by atoms with Crippen molar-refractivity contribution in [3.63, 3.8) is 0 Å². The fourth-order valence-electron chi connectivity index (χ4n) is 2.25. The molecule has 0 spiro atoms. The van der Waals surface area contributed by atoms with Crippen LogP contribution in [0.1, 0.15) is 11.5 Å². The summed E-state index contributed by atoms with van der Waals surface area (Å²) >= 11 is 5.26. The number of halogens is 1. The molecule has 0 radical (unpaired) electrons. The summed E-state index contributed by atoms with van der Waals surface area (Å²) in [7, 11) is 0. The van der Waals surface area contributed by atoms with Gasteiger partial charge < -0.3 is 9.73 Å². The van der Waals surface area contributed by atoms with Crippen molar-refractivity contribution in [1.29, 1.82) is 0 Å². The summed E-state index contributed by atoms with van der Waals surface area (Å²) in [6.07, 6.45) is 2.08. The van der Waals surface area contributed by atoms with Gasteiger partial charge in [-0.2, -0.15) is 11.8 Å². The van der Waals surface area contributed by atoms with Gasteiger partial charge in [-0.05, 0) is 53.4 Å². The second kappa shape index (κ2) is 6.58. The zero-order chi connectivity index (χ0) is 14.7. The first-order chi connectivity index (χ1) is 10.2. The molecule has 21 heavy (non-hydrogen) atoms. The summed E-state index contributed by atoms with van der Waals surface area (Å²) in [4.78, 5) is 0. The molecule has 0 fully saturated rings. The number of nitrogens with one attached hydrogen (secondary N) is 1. The molecule has 0 aliphatic carbocycles. The van der Waals surface area contributed by atoms with E-state index in [2.05, 4.69) is 63.9 Å². The van der Waals surface area contributed by atoms with Gasteiger partial charge in [0.1, 0.15) is 11.5 Å². The van der Waals surface area contributed by atoms with E-state index in [1.54, 1.807) is 11.8 Å². The number of anilines is 1. The second-order valence-corrected chi connectivity index (χ2v) is 6.64. The Kier molecular flexibility index (Phi) is 4.56. The average Bonchev–Trinajstić information content (AvgIpc) is 2.93. The van der Waals surface area contributed by atoms with Gasteiger partial charge in [-0.15, -0.1) is 0 Å². The second-order valence-electron chi connectivity index (χ2n) is 4.86. The lowest BCUT2D eigenvalue weighted by atomic mass is 10.1. The molecule has 3 aromatic rings. The number of hydrogen-bond acceptors (Lipinski definition) is 3. The van der Waals surface area contributed by atoms with Gasteiger partial charge in [-0.3, -0.25) is 0 Å². The monoisotopic (exact) mass is 361 g/mol. The molecule has 2 nitrogen and oxygen atoms in total. The van der Waals surface area contributed by atoms with Gasteiger partial charge in [0.25, 0.3) is 0 Å². The van der Waals surface area contributed by atoms with Crippen LogP contribution in [0.3, 0.4) is 0 Å². The topological polar surface area (TPSA) is 25.2 Å². The minimum Gasteiger partial charge on any atom is -0.463 e. The van der Waals surface area contributed by atoms with Gasteiger partial charge in [0, 0.05) is 10.2 Å². The molecule has 4 heteroatoms. The minimum atomic E-state index is 0.705. The number of thioether (sulfide) groups is 1. The molecule has 0 aliphatic heterocycles. The van der Waals surface area contributed by atoms with Crippen LogP contribution in [0.25, 0.3) is 10.8 Å². The molecule has 0 bridgehead atoms. The highest BCUT2D eigenvalue weighted by Gasteiger charge is 2.02. The lowest BCUT2D eigenvalue weighted by Gasteiger charge is -2.06. The van der Waals surface area contributed by atoms with E-state index in [0.717, 1.165) is 27.4 Å². The molecule has 108 valence electrons. The molecule has 0 amide bonds. The van der Waals surface area contributed by atoms with Gasteiger partial charge in [-0.25, -0.2) is 0 Å². The van der Waals surface area contributed by atoms with Crippen molar-refractivity contribution in [1.82, 2.24) is 0 Å². The summed E-state index contributed by atoms with van der Waals surface area (Å²) in [6.45, 7) is 0.705. The van der Waals surface area contributed by atoms with Crippen LogP contribution in [0.5, 0.6) is 0 Å². The van der Waals surface area contributed by atoms with Crippen molar-refractivity contribution >= 4 is 44.2 Å². The average molecular weight is 362 g/mol. The van der Waals surface area contributed by atoms with Crippen LogP contribution in [0, 0.1) is 0 Å². The Morgan fingerprint density at radius 1 is 1.00 bits per heavy atom. The van der Waals surface area contributed by atoms with E-state index >= 15 is 0 Å². The summed E-state index contributed by atoms with van der Waals surface area (Å²) in [6, 6.07) is 16.8. The fourth-order valence-corrected chi connectivity index (χ4v) is 3.07. The molecule has 0 saturated carbocycles. The van der Waals surface area contributed by atoms with E-state index in [4.69, 9.17) is 4.42 Å². The summed E-state index contributed by atoms with van der Waals surface area (Å²) in [5, 5.41) is 5.87. The number of fused-ring (bicyclic) bond motifs is 1. The highest BCUT2D eigenvalue weighted by atomic mass is 79.9. The van der Waals surface area contributed by atoms with E-state index in [0.29, 0.717) is 6.54 Å². The van der Waals surface area contributed by atoms with Crippen LogP contribution >= 0.6 is 27.7 Å². The first kappa shape index (κ1) is 14.5. The molecule has 1 N–H and O–H groups in total. The normalized spacial score (nSPS) is 11.0. The lowest BCUT2D eigenvalue weighted by Crippen LogP contribution is -1.97. The highest BCUT2D eigenvalue weighted by molar-refractivity contribution is 9.10. The van der Waals surface area contributed by atoms with Crippen molar-refractivity contribution in [3.8, 4) is 0 Å². The van der Waals surface area contributed by atoms with Gasteiger partial charge >= 0.3 is 0 Å². The standard InChI is InChI=1S/C17H16BrNOS/c1-21-11-17-7-6-16(20-17)10-19-15-5-3-12-8-14(18)4-2-13(12)9-15/h2-9,19H,10-11H2,1H3. The van der Waals surface area contributed by atoms with Gasteiger partial charge in [-0.1, -0.05) is 28.1 Å². The van der Waals surface area contributed by atoms with Crippen LogP contribution < -0.4 is 5.32 Å². The largest absolute Gasteiger partial charge is 0.463 e. The molecule has 0 saturated heterocycles. The SMILES string of the molecule is CSCc1ccc(CNc2ccc3cc(Br)ccc3c2)o1. The zero-order valence-corrected chi connectivity index (χ0v) is 14.1. The Morgan fingerprint density at radius 2 is 1.76 bits per heavy atom. The number of furan rings is 1. The number of hydrogen-bond donors (Lipinski definition) is 1. The van der Waals surface area contributed by atoms with Gasteiger partial charge in [0.05, 0.1) is 12.3 Å². The van der Waals surface area contributed by atoms with Crippen LogP contribution in [0.4, 0.5) is 5.69 Å². The molecule has 0 unspecified atom stereocenters. The smallest absolute Gasteiger partial charge is 0.123 e. The van der Waals surface area contributed by atoms with Gasteiger partial charge in [0.15, 0.2) is 0 Å². The van der Waals surface area contributed by atoms with Crippen LogP contribution in [0.15, 0.2) is 57.4 Å². The third-order valence-corrected chi connectivity index (χ3v) is 4.34. The molecular formula is C17H16BrNOS. The maximum Gasteiger partial charge on any atom is 0.123 e. The maximum atomic E-state index is 5.76. The molecule has 0 atom stereocenters. The van der Waals surface area contributed by atoms with Crippen molar-refractivity contribution in [3.05, 3.63) is 64.5 Å². The Morgan fingerprint density at radius 3 is 2.62 bits per heavy atom. The summed E-state index contributed by atoms with van der Waals surface area (Å²) in [5.41, 5.74) is 1.10. The van der Waals surface area contributed by atoms with Crippen LogP contribution in [0.2, 0.25) is 0 Å². The first-order valence-electron chi connectivity index (χ1n) is 6.74. The molecule has 1 heterocycles. The maximum absolute atomic E-state index is 5.76. The van der Waals surface area contributed by atoms with E-state index in [1.807, 2.05) is 12.1 Å². The highest BCUT2D eigenvalue weighted by Crippen LogP contribution is 2.23. The quantitative estimate of drug-likeness (QED) is 0.633. The number of rotatable bonds is 5. The van der Waals surface area contributed by atoms with Crippen molar-refractivity contribution in [2.75, 3.05) is 11.6 Å². The first-order valence-corrected chi connectivity index (χ1v) is 8.93. The van der Waals surface area contributed by atoms with Gasteiger partial charge in [0.2, 0.25) is 0 Å². The number of benzene rings is 2. The van der Waals surface area contributed by atoms with Crippen molar-refractivity contribution in [2.45, 2.75) is 12.3 Å². The Bertz CT molecular complexity index is 753. The zero-order valence-electron chi connectivity index (χ0n) is 11.7. The summed E-state index contributed by atoms with van der Waals surface area (Å²) < 4.78 is 6.86. The Hall–Kier alpha value is -1.39.